The van der Waals surface area contributed by atoms with Crippen LogP contribution in [0.1, 0.15) is 44.1 Å². The molecule has 2 atom stereocenters. The van der Waals surface area contributed by atoms with Crippen molar-refractivity contribution >= 4 is 17.5 Å². The standard InChI is InChI=1S/C20H29ClN2O3/c1-25-18-6-5-15(21)12-16(18)20(7-9-26-10-8-20)13-23-19(24)11-14-3-2-4-17(14)22/h5-6,12,14,17H,2-4,7-11,13,22H2,1H3,(H,23,24)/t14-,17+/m0/s1. The Balaban J connectivity index is 1.74. The van der Waals surface area contributed by atoms with Crippen molar-refractivity contribution in [1.82, 2.24) is 5.32 Å². The molecule has 1 saturated carbocycles. The highest BCUT2D eigenvalue weighted by molar-refractivity contribution is 6.30. The summed E-state index contributed by atoms with van der Waals surface area (Å²) >= 11 is 6.26. The van der Waals surface area contributed by atoms with Crippen LogP contribution in [0.3, 0.4) is 0 Å². The van der Waals surface area contributed by atoms with Crippen LogP contribution >= 0.6 is 11.6 Å². The monoisotopic (exact) mass is 380 g/mol. The number of amides is 1. The predicted molar refractivity (Wildman–Crippen MR) is 103 cm³/mol. The van der Waals surface area contributed by atoms with Crippen LogP contribution in [0.15, 0.2) is 18.2 Å². The normalized spacial score (nSPS) is 25.0. The van der Waals surface area contributed by atoms with Gasteiger partial charge in [-0.15, -0.1) is 0 Å². The Bertz CT molecular complexity index is 631. The number of carbonyl (C=O) groups is 1. The fourth-order valence-electron chi connectivity index (χ4n) is 4.30. The zero-order valence-electron chi connectivity index (χ0n) is 15.4. The Morgan fingerprint density at radius 1 is 1.38 bits per heavy atom. The van der Waals surface area contributed by atoms with E-state index in [-0.39, 0.29) is 17.4 Å². The summed E-state index contributed by atoms with van der Waals surface area (Å²) in [4.78, 5) is 12.5. The molecule has 1 amide bonds. The number of carbonyl (C=O) groups excluding carboxylic acids is 1. The van der Waals surface area contributed by atoms with Crippen LogP contribution < -0.4 is 15.8 Å². The van der Waals surface area contributed by atoms with Gasteiger partial charge in [0.1, 0.15) is 5.75 Å². The van der Waals surface area contributed by atoms with Gasteiger partial charge in [0.2, 0.25) is 5.91 Å². The topological polar surface area (TPSA) is 73.6 Å². The number of rotatable bonds is 6. The van der Waals surface area contributed by atoms with Gasteiger partial charge in [-0.3, -0.25) is 4.79 Å². The van der Waals surface area contributed by atoms with E-state index in [1.165, 1.54) is 0 Å². The van der Waals surface area contributed by atoms with Gasteiger partial charge in [-0.2, -0.15) is 0 Å². The minimum absolute atomic E-state index is 0.0826. The highest BCUT2D eigenvalue weighted by Gasteiger charge is 2.37. The average molecular weight is 381 g/mol. The number of benzene rings is 1. The Hall–Kier alpha value is -1.30. The Morgan fingerprint density at radius 2 is 2.15 bits per heavy atom. The molecule has 0 bridgehead atoms. The SMILES string of the molecule is COc1ccc(Cl)cc1C1(CNC(=O)C[C@@H]2CCC[C@H]2N)CCOCC1. The second-order valence-electron chi connectivity index (χ2n) is 7.57. The second-order valence-corrected chi connectivity index (χ2v) is 8.01. The van der Waals surface area contributed by atoms with E-state index in [9.17, 15) is 4.79 Å². The van der Waals surface area contributed by atoms with Crippen molar-refractivity contribution in [3.8, 4) is 5.75 Å². The number of methoxy groups -OCH3 is 1. The molecule has 2 fully saturated rings. The molecule has 0 aromatic heterocycles. The number of hydrogen-bond donors (Lipinski definition) is 2. The van der Waals surface area contributed by atoms with Gasteiger partial charge in [0.05, 0.1) is 7.11 Å². The van der Waals surface area contributed by atoms with Gasteiger partial charge >= 0.3 is 0 Å². The molecule has 5 nitrogen and oxygen atoms in total. The highest BCUT2D eigenvalue weighted by atomic mass is 35.5. The second kappa shape index (κ2) is 8.59. The van der Waals surface area contributed by atoms with Gasteiger partial charge in [-0.05, 0) is 49.8 Å². The van der Waals surface area contributed by atoms with Crippen molar-refractivity contribution in [2.24, 2.45) is 11.7 Å². The van der Waals surface area contributed by atoms with Crippen LogP contribution in [0.25, 0.3) is 0 Å². The lowest BCUT2D eigenvalue weighted by atomic mass is 9.73. The molecule has 0 radical (unpaired) electrons. The highest BCUT2D eigenvalue weighted by Crippen LogP contribution is 2.40. The lowest BCUT2D eigenvalue weighted by Gasteiger charge is -2.38. The summed E-state index contributed by atoms with van der Waals surface area (Å²) in [6.45, 7) is 1.89. The third-order valence-corrected chi connectivity index (χ3v) is 6.21. The van der Waals surface area contributed by atoms with E-state index in [0.29, 0.717) is 37.1 Å². The molecule has 2 aliphatic rings. The van der Waals surface area contributed by atoms with Crippen LogP contribution in [0.2, 0.25) is 5.02 Å². The fourth-order valence-corrected chi connectivity index (χ4v) is 4.47. The van der Waals surface area contributed by atoms with Crippen molar-refractivity contribution < 1.29 is 14.3 Å². The number of nitrogens with one attached hydrogen (secondary N) is 1. The summed E-state index contributed by atoms with van der Waals surface area (Å²) in [6, 6.07) is 5.85. The smallest absolute Gasteiger partial charge is 0.220 e. The number of hydrogen-bond acceptors (Lipinski definition) is 4. The largest absolute Gasteiger partial charge is 0.496 e. The summed E-state index contributed by atoms with van der Waals surface area (Å²) in [5.74, 6) is 1.20. The molecule has 144 valence electrons. The molecule has 0 unspecified atom stereocenters. The summed E-state index contributed by atoms with van der Waals surface area (Å²) < 4.78 is 11.2. The molecule has 0 spiro atoms. The van der Waals surface area contributed by atoms with Crippen molar-refractivity contribution in [3.05, 3.63) is 28.8 Å². The zero-order valence-corrected chi connectivity index (χ0v) is 16.2. The molecule has 1 aliphatic heterocycles. The van der Waals surface area contributed by atoms with Crippen LogP contribution in [0, 0.1) is 5.92 Å². The molecule has 26 heavy (non-hydrogen) atoms. The van der Waals surface area contributed by atoms with Crippen molar-refractivity contribution in [3.63, 3.8) is 0 Å². The molecule has 1 aromatic carbocycles. The van der Waals surface area contributed by atoms with Crippen LogP contribution in [0.4, 0.5) is 0 Å². The van der Waals surface area contributed by atoms with Gasteiger partial charge < -0.3 is 20.5 Å². The van der Waals surface area contributed by atoms with E-state index in [1.54, 1.807) is 7.11 Å². The van der Waals surface area contributed by atoms with E-state index in [2.05, 4.69) is 5.32 Å². The van der Waals surface area contributed by atoms with Crippen LogP contribution in [0.5, 0.6) is 5.75 Å². The fraction of sp³-hybridized carbons (Fsp3) is 0.650. The average Bonchev–Trinajstić information content (AvgIpc) is 3.05. The predicted octanol–water partition coefficient (Wildman–Crippen LogP) is 3.03. The maximum atomic E-state index is 12.5. The summed E-state index contributed by atoms with van der Waals surface area (Å²) in [6.07, 6.45) is 5.37. The number of nitrogens with two attached hydrogens (primary N) is 1. The van der Waals surface area contributed by atoms with E-state index in [4.69, 9.17) is 26.8 Å². The molecule has 6 heteroatoms. The molecular formula is C20H29ClN2O3. The molecule has 1 aromatic rings. The minimum Gasteiger partial charge on any atom is -0.496 e. The van der Waals surface area contributed by atoms with Crippen LogP contribution in [-0.2, 0) is 14.9 Å². The molecule has 1 aliphatic carbocycles. The molecule has 3 N–H and O–H groups in total. The quantitative estimate of drug-likeness (QED) is 0.795. The maximum Gasteiger partial charge on any atom is 0.220 e. The Morgan fingerprint density at radius 3 is 2.81 bits per heavy atom. The van der Waals surface area contributed by atoms with Gasteiger partial charge in [-0.25, -0.2) is 0 Å². The first-order valence-electron chi connectivity index (χ1n) is 9.48. The number of ether oxygens (including phenoxy) is 2. The molecule has 1 saturated heterocycles. The molecular weight excluding hydrogens is 352 g/mol. The van der Waals surface area contributed by atoms with Crippen molar-refractivity contribution in [1.29, 1.82) is 0 Å². The van der Waals surface area contributed by atoms with Gasteiger partial charge in [0, 0.05) is 48.2 Å². The molecule has 3 rings (SSSR count). The van der Waals surface area contributed by atoms with Gasteiger partial charge in [0.15, 0.2) is 0 Å². The first-order chi connectivity index (χ1) is 12.5. The summed E-state index contributed by atoms with van der Waals surface area (Å²) in [7, 11) is 1.67. The number of halogens is 1. The van der Waals surface area contributed by atoms with Gasteiger partial charge in [-0.1, -0.05) is 18.0 Å². The zero-order chi connectivity index (χ0) is 18.6. The summed E-state index contributed by atoms with van der Waals surface area (Å²) in [5, 5.41) is 3.84. The van der Waals surface area contributed by atoms with Crippen molar-refractivity contribution in [2.75, 3.05) is 26.9 Å². The third-order valence-electron chi connectivity index (χ3n) is 5.97. The molecule has 1 heterocycles. The Kier molecular flexibility index (Phi) is 6.43. The first-order valence-corrected chi connectivity index (χ1v) is 9.86. The van der Waals surface area contributed by atoms with E-state index < -0.39 is 0 Å². The summed E-state index contributed by atoms with van der Waals surface area (Å²) in [5.41, 5.74) is 6.94. The minimum atomic E-state index is -0.220. The lowest BCUT2D eigenvalue weighted by Crippen LogP contribution is -2.45. The van der Waals surface area contributed by atoms with E-state index >= 15 is 0 Å². The van der Waals surface area contributed by atoms with E-state index in [0.717, 1.165) is 43.4 Å². The Labute approximate surface area is 160 Å². The lowest BCUT2D eigenvalue weighted by molar-refractivity contribution is -0.122. The van der Waals surface area contributed by atoms with Gasteiger partial charge in [0.25, 0.3) is 0 Å². The van der Waals surface area contributed by atoms with E-state index in [1.807, 2.05) is 18.2 Å². The third kappa shape index (κ3) is 4.33. The van der Waals surface area contributed by atoms with Crippen molar-refractivity contribution in [2.45, 2.75) is 50.0 Å². The first kappa shape index (κ1) is 19.5. The van der Waals surface area contributed by atoms with Crippen LogP contribution in [-0.4, -0.2) is 38.8 Å². The maximum absolute atomic E-state index is 12.5.